The largest absolute Gasteiger partial charge is 0.409 e. The van der Waals surface area contributed by atoms with E-state index in [4.69, 9.17) is 10.9 Å². The number of hydrogen-bond donors (Lipinski definition) is 3. The average molecular weight is 270 g/mol. The van der Waals surface area contributed by atoms with E-state index in [2.05, 4.69) is 22.4 Å². The van der Waals surface area contributed by atoms with Gasteiger partial charge >= 0.3 is 0 Å². The quantitative estimate of drug-likeness (QED) is 0.295. The van der Waals surface area contributed by atoms with Crippen molar-refractivity contribution in [2.75, 3.05) is 26.7 Å². The van der Waals surface area contributed by atoms with Crippen LogP contribution in [0.1, 0.15) is 33.1 Å². The lowest BCUT2D eigenvalue weighted by Crippen LogP contribution is -2.49. The molecule has 1 unspecified atom stereocenters. The number of oxime groups is 1. The summed E-state index contributed by atoms with van der Waals surface area (Å²) in [5.74, 6) is 0.327. The Morgan fingerprint density at radius 2 is 2.11 bits per heavy atom. The summed E-state index contributed by atoms with van der Waals surface area (Å²) in [6.07, 6.45) is 2.70. The maximum Gasteiger partial charge on any atom is 0.233 e. The van der Waals surface area contributed by atoms with Gasteiger partial charge in [0.15, 0.2) is 5.84 Å². The van der Waals surface area contributed by atoms with Gasteiger partial charge in [-0.3, -0.25) is 4.79 Å². The van der Waals surface area contributed by atoms with Crippen LogP contribution in [-0.4, -0.2) is 48.5 Å². The second kappa shape index (κ2) is 6.75. The van der Waals surface area contributed by atoms with Crippen molar-refractivity contribution < 1.29 is 10.0 Å². The van der Waals surface area contributed by atoms with Gasteiger partial charge in [-0.15, -0.1) is 0 Å². The Hall–Kier alpha value is -1.30. The summed E-state index contributed by atoms with van der Waals surface area (Å²) in [4.78, 5) is 14.5. The molecule has 4 N–H and O–H groups in total. The lowest BCUT2D eigenvalue weighted by Gasteiger charge is -2.31. The maximum atomic E-state index is 12.2. The third-order valence-electron chi connectivity index (χ3n) is 4.27. The second-order valence-corrected chi connectivity index (χ2v) is 5.63. The Bertz CT molecular complexity index is 338. The number of rotatable bonds is 5. The zero-order chi connectivity index (χ0) is 14.5. The molecule has 19 heavy (non-hydrogen) atoms. The fraction of sp³-hybridized carbons (Fsp3) is 0.846. The van der Waals surface area contributed by atoms with Crippen LogP contribution in [-0.2, 0) is 4.79 Å². The Balaban J connectivity index is 2.50. The number of likely N-dealkylation sites (tertiary alicyclic amines) is 1. The van der Waals surface area contributed by atoms with Gasteiger partial charge in [0.1, 0.15) is 5.41 Å². The Kier molecular flexibility index (Phi) is 5.60. The van der Waals surface area contributed by atoms with Crippen molar-refractivity contribution in [3.63, 3.8) is 0 Å². The molecular formula is C13H26N4O2. The molecule has 0 aromatic rings. The first-order chi connectivity index (χ1) is 8.93. The number of nitrogens with two attached hydrogens (primary N) is 1. The van der Waals surface area contributed by atoms with Crippen LogP contribution in [0.5, 0.6) is 0 Å². The normalized spacial score (nSPS) is 21.9. The molecule has 1 amide bonds. The third kappa shape index (κ3) is 3.83. The molecule has 6 heteroatoms. The number of carbonyl (C=O) groups is 1. The fourth-order valence-electron chi connectivity index (χ4n) is 2.27. The molecule has 0 bridgehead atoms. The van der Waals surface area contributed by atoms with Crippen LogP contribution in [0, 0.1) is 11.3 Å². The minimum Gasteiger partial charge on any atom is -0.409 e. The van der Waals surface area contributed by atoms with Crippen molar-refractivity contribution in [3.8, 4) is 0 Å². The molecule has 0 radical (unpaired) electrons. The van der Waals surface area contributed by atoms with E-state index in [0.717, 1.165) is 25.9 Å². The monoisotopic (exact) mass is 270 g/mol. The molecule has 1 aliphatic rings. The molecule has 0 aromatic heterocycles. The van der Waals surface area contributed by atoms with E-state index in [1.165, 1.54) is 0 Å². The number of amides is 1. The molecule has 0 aliphatic carbocycles. The topological polar surface area (TPSA) is 91.0 Å². The summed E-state index contributed by atoms with van der Waals surface area (Å²) in [6.45, 7) is 6.37. The van der Waals surface area contributed by atoms with Gasteiger partial charge in [-0.2, -0.15) is 0 Å². The van der Waals surface area contributed by atoms with Crippen molar-refractivity contribution in [2.24, 2.45) is 22.2 Å². The molecule has 0 spiro atoms. The van der Waals surface area contributed by atoms with Gasteiger partial charge in [0.2, 0.25) is 5.91 Å². The first-order valence-corrected chi connectivity index (χ1v) is 6.89. The van der Waals surface area contributed by atoms with Crippen LogP contribution >= 0.6 is 0 Å². The minimum atomic E-state index is -0.930. The number of nitrogens with zero attached hydrogens (tertiary/aromatic N) is 2. The van der Waals surface area contributed by atoms with Crippen molar-refractivity contribution >= 4 is 11.7 Å². The van der Waals surface area contributed by atoms with Crippen molar-refractivity contribution in [2.45, 2.75) is 33.1 Å². The zero-order valence-electron chi connectivity index (χ0n) is 12.1. The Labute approximate surface area is 115 Å². The Morgan fingerprint density at radius 1 is 1.53 bits per heavy atom. The highest BCUT2D eigenvalue weighted by Gasteiger charge is 2.36. The first-order valence-electron chi connectivity index (χ1n) is 6.89. The van der Waals surface area contributed by atoms with Gasteiger partial charge in [0.05, 0.1) is 0 Å². The molecule has 1 fully saturated rings. The molecule has 1 heterocycles. The van der Waals surface area contributed by atoms with Gasteiger partial charge in [-0.1, -0.05) is 12.1 Å². The smallest absolute Gasteiger partial charge is 0.233 e. The first kappa shape index (κ1) is 15.8. The lowest BCUT2D eigenvalue weighted by molar-refractivity contribution is -0.127. The number of amidine groups is 1. The molecule has 0 aromatic carbocycles. The SMILES string of the molecule is CCC(C)(C(=O)NCC1CCN(C)CC1)C(N)=NO. The zero-order valence-corrected chi connectivity index (χ0v) is 12.1. The van der Waals surface area contributed by atoms with Crippen molar-refractivity contribution in [3.05, 3.63) is 0 Å². The molecule has 1 rings (SSSR count). The molecule has 1 atom stereocenters. The number of nitrogens with one attached hydrogen (secondary N) is 1. The van der Waals surface area contributed by atoms with Gasteiger partial charge < -0.3 is 21.2 Å². The molecule has 0 saturated carbocycles. The standard InChI is InChI=1S/C13H26N4O2/c1-4-13(2,11(14)16-19)12(18)15-9-10-5-7-17(3)8-6-10/h10,19H,4-9H2,1-3H3,(H2,14,16)(H,15,18). The number of hydrogen-bond acceptors (Lipinski definition) is 4. The van der Waals surface area contributed by atoms with Gasteiger partial charge in [0.25, 0.3) is 0 Å². The van der Waals surface area contributed by atoms with E-state index in [1.807, 2.05) is 6.92 Å². The Morgan fingerprint density at radius 3 is 2.58 bits per heavy atom. The minimum absolute atomic E-state index is 0.0316. The van der Waals surface area contributed by atoms with E-state index >= 15 is 0 Å². The van der Waals surface area contributed by atoms with Crippen LogP contribution in [0.15, 0.2) is 5.16 Å². The molecule has 6 nitrogen and oxygen atoms in total. The lowest BCUT2D eigenvalue weighted by atomic mass is 9.85. The number of piperidine rings is 1. The van der Waals surface area contributed by atoms with E-state index in [1.54, 1.807) is 6.92 Å². The van der Waals surface area contributed by atoms with Gasteiger partial charge in [0, 0.05) is 6.54 Å². The summed E-state index contributed by atoms with van der Waals surface area (Å²) < 4.78 is 0. The van der Waals surface area contributed by atoms with Crippen molar-refractivity contribution in [1.82, 2.24) is 10.2 Å². The second-order valence-electron chi connectivity index (χ2n) is 5.63. The summed E-state index contributed by atoms with van der Waals surface area (Å²) in [5.41, 5.74) is 4.69. The average Bonchev–Trinajstić information content (AvgIpc) is 2.44. The summed E-state index contributed by atoms with van der Waals surface area (Å²) in [7, 11) is 2.11. The summed E-state index contributed by atoms with van der Waals surface area (Å²) >= 11 is 0. The van der Waals surface area contributed by atoms with Gasteiger partial charge in [-0.05, 0) is 52.2 Å². The van der Waals surface area contributed by atoms with E-state index in [0.29, 0.717) is 18.9 Å². The van der Waals surface area contributed by atoms with Crippen molar-refractivity contribution in [1.29, 1.82) is 0 Å². The predicted molar refractivity (Wildman–Crippen MR) is 75.0 cm³/mol. The van der Waals surface area contributed by atoms with Gasteiger partial charge in [-0.25, -0.2) is 0 Å². The third-order valence-corrected chi connectivity index (χ3v) is 4.27. The molecule has 1 saturated heterocycles. The van der Waals surface area contributed by atoms with Crippen LogP contribution < -0.4 is 11.1 Å². The number of carbonyl (C=O) groups excluding carboxylic acids is 1. The summed E-state index contributed by atoms with van der Waals surface area (Å²) in [5, 5.41) is 14.7. The predicted octanol–water partition coefficient (Wildman–Crippen LogP) is 0.607. The van der Waals surface area contributed by atoms with E-state index < -0.39 is 5.41 Å². The highest BCUT2D eigenvalue weighted by Crippen LogP contribution is 2.22. The van der Waals surface area contributed by atoms with Crippen LogP contribution in [0.3, 0.4) is 0 Å². The summed E-state index contributed by atoms with van der Waals surface area (Å²) in [6, 6.07) is 0. The van der Waals surface area contributed by atoms with Crippen LogP contribution in [0.2, 0.25) is 0 Å². The highest BCUT2D eigenvalue weighted by molar-refractivity contribution is 6.06. The molecule has 1 aliphatic heterocycles. The maximum absolute atomic E-state index is 12.2. The van der Waals surface area contributed by atoms with E-state index in [-0.39, 0.29) is 11.7 Å². The highest BCUT2D eigenvalue weighted by atomic mass is 16.4. The van der Waals surface area contributed by atoms with E-state index in [9.17, 15) is 4.79 Å². The fourth-order valence-corrected chi connectivity index (χ4v) is 2.27. The van der Waals surface area contributed by atoms with Crippen LogP contribution in [0.25, 0.3) is 0 Å². The molecular weight excluding hydrogens is 244 g/mol. The van der Waals surface area contributed by atoms with Crippen LogP contribution in [0.4, 0.5) is 0 Å². The molecule has 110 valence electrons.